The van der Waals surface area contributed by atoms with Crippen LogP contribution < -0.4 is 11.1 Å². The highest BCUT2D eigenvalue weighted by Crippen LogP contribution is 2.27. The molecule has 0 aliphatic heterocycles. The van der Waals surface area contributed by atoms with E-state index in [1.165, 1.54) is 30.8 Å². The molecule has 1 aromatic carbocycles. The van der Waals surface area contributed by atoms with Gasteiger partial charge in [0, 0.05) is 17.3 Å². The second-order valence-corrected chi connectivity index (χ2v) is 7.04. The molecule has 0 aliphatic carbocycles. The number of amides is 1. The molecule has 2 heterocycles. The van der Waals surface area contributed by atoms with Gasteiger partial charge in [-0.05, 0) is 35.4 Å². The fourth-order valence-electron chi connectivity index (χ4n) is 2.76. The molecule has 1 amide bonds. The number of thiophene rings is 1. The summed E-state index contributed by atoms with van der Waals surface area (Å²) in [5, 5.41) is 5.05. The van der Waals surface area contributed by atoms with Crippen LogP contribution in [0.1, 0.15) is 52.3 Å². The maximum Gasteiger partial charge on any atom is 0.274 e. The molecule has 0 saturated heterocycles. The molecule has 3 aromatic rings. The van der Waals surface area contributed by atoms with Gasteiger partial charge in [-0.3, -0.25) is 4.79 Å². The minimum Gasteiger partial charge on any atom is -0.382 e. The van der Waals surface area contributed by atoms with Crippen molar-refractivity contribution in [2.45, 2.75) is 32.2 Å². The summed E-state index contributed by atoms with van der Waals surface area (Å²) < 4.78 is 0. The molecule has 0 radical (unpaired) electrons. The monoisotopic (exact) mass is 366 g/mol. The van der Waals surface area contributed by atoms with E-state index in [1.807, 2.05) is 17.5 Å². The van der Waals surface area contributed by atoms with Crippen LogP contribution >= 0.6 is 11.3 Å². The van der Waals surface area contributed by atoms with Crippen molar-refractivity contribution in [3.8, 4) is 0 Å². The van der Waals surface area contributed by atoms with Crippen molar-refractivity contribution in [3.63, 3.8) is 0 Å². The zero-order valence-corrected chi connectivity index (χ0v) is 15.5. The minimum atomic E-state index is -0.330. The molecule has 3 rings (SSSR count). The molecule has 2 aromatic heterocycles. The summed E-state index contributed by atoms with van der Waals surface area (Å²) >= 11 is 1.60. The predicted octanol–water partition coefficient (Wildman–Crippen LogP) is 3.98. The number of rotatable bonds is 7. The Morgan fingerprint density at radius 3 is 2.62 bits per heavy atom. The third kappa shape index (κ3) is 4.26. The molecular weight excluding hydrogens is 344 g/mol. The molecule has 3 N–H and O–H groups in total. The van der Waals surface area contributed by atoms with Gasteiger partial charge in [0.1, 0.15) is 0 Å². The summed E-state index contributed by atoms with van der Waals surface area (Å²) in [5.41, 5.74) is 8.28. The quantitative estimate of drug-likeness (QED) is 0.663. The van der Waals surface area contributed by atoms with Crippen LogP contribution in [0.25, 0.3) is 0 Å². The number of nitrogens with one attached hydrogen (secondary N) is 1. The van der Waals surface area contributed by atoms with Gasteiger partial charge in [0.15, 0.2) is 11.5 Å². The third-order valence-electron chi connectivity index (χ3n) is 4.18. The topological polar surface area (TPSA) is 80.9 Å². The van der Waals surface area contributed by atoms with Crippen molar-refractivity contribution in [2.75, 3.05) is 5.73 Å². The fraction of sp³-hybridized carbons (Fsp3) is 0.250. The van der Waals surface area contributed by atoms with Gasteiger partial charge in [-0.2, -0.15) is 0 Å². The maximum atomic E-state index is 12.7. The number of hydrogen-bond acceptors (Lipinski definition) is 5. The van der Waals surface area contributed by atoms with Gasteiger partial charge in [0.05, 0.1) is 6.04 Å². The predicted molar refractivity (Wildman–Crippen MR) is 105 cm³/mol. The first-order chi connectivity index (χ1) is 12.7. The number of carbonyl (C=O) groups excluding carboxylic acids is 1. The first kappa shape index (κ1) is 18.1. The van der Waals surface area contributed by atoms with Gasteiger partial charge in [-0.1, -0.05) is 43.7 Å². The summed E-state index contributed by atoms with van der Waals surface area (Å²) in [4.78, 5) is 21.7. The molecule has 0 aliphatic rings. The van der Waals surface area contributed by atoms with E-state index in [1.54, 1.807) is 11.3 Å². The maximum absolute atomic E-state index is 12.7. The Morgan fingerprint density at radius 1 is 1.19 bits per heavy atom. The first-order valence-corrected chi connectivity index (χ1v) is 9.56. The van der Waals surface area contributed by atoms with Crippen molar-refractivity contribution < 1.29 is 4.79 Å². The van der Waals surface area contributed by atoms with E-state index in [9.17, 15) is 4.79 Å². The number of nitrogen functional groups attached to an aromatic ring is 1. The lowest BCUT2D eigenvalue weighted by atomic mass is 10.0. The second kappa shape index (κ2) is 8.58. The Morgan fingerprint density at radius 2 is 1.96 bits per heavy atom. The van der Waals surface area contributed by atoms with Crippen LogP contribution in [0.4, 0.5) is 5.82 Å². The van der Waals surface area contributed by atoms with E-state index in [4.69, 9.17) is 5.73 Å². The van der Waals surface area contributed by atoms with E-state index in [2.05, 4.69) is 46.5 Å². The van der Waals surface area contributed by atoms with E-state index in [0.717, 1.165) is 16.9 Å². The molecule has 0 saturated carbocycles. The highest BCUT2D eigenvalue weighted by Gasteiger charge is 2.21. The summed E-state index contributed by atoms with van der Waals surface area (Å²) in [6.07, 6.45) is 6.36. The summed E-state index contributed by atoms with van der Waals surface area (Å²) in [6, 6.07) is 12.2. The highest BCUT2D eigenvalue weighted by molar-refractivity contribution is 7.10. The van der Waals surface area contributed by atoms with E-state index in [0.29, 0.717) is 0 Å². The summed E-state index contributed by atoms with van der Waals surface area (Å²) in [6.45, 7) is 2.19. The number of nitrogens with two attached hydrogens (primary N) is 1. The lowest BCUT2D eigenvalue weighted by Gasteiger charge is -2.18. The number of aryl methyl sites for hydroxylation is 1. The Hall–Kier alpha value is -2.73. The Kier molecular flexibility index (Phi) is 5.96. The van der Waals surface area contributed by atoms with Crippen molar-refractivity contribution in [1.29, 1.82) is 0 Å². The fourth-order valence-corrected chi connectivity index (χ4v) is 3.56. The van der Waals surface area contributed by atoms with Crippen LogP contribution in [0.15, 0.2) is 54.2 Å². The lowest BCUT2D eigenvalue weighted by Crippen LogP contribution is -2.30. The van der Waals surface area contributed by atoms with Crippen molar-refractivity contribution in [1.82, 2.24) is 15.3 Å². The Labute approximate surface area is 157 Å². The Bertz CT molecular complexity index is 847. The average Bonchev–Trinajstić information content (AvgIpc) is 3.19. The molecule has 1 unspecified atom stereocenters. The largest absolute Gasteiger partial charge is 0.382 e. The zero-order valence-electron chi connectivity index (χ0n) is 14.7. The number of carbonyl (C=O) groups is 1. The van der Waals surface area contributed by atoms with Gasteiger partial charge >= 0.3 is 0 Å². The summed E-state index contributed by atoms with van der Waals surface area (Å²) in [7, 11) is 0. The van der Waals surface area contributed by atoms with Gasteiger partial charge in [-0.15, -0.1) is 11.3 Å². The minimum absolute atomic E-state index is 0.129. The number of unbranched alkanes of at least 4 members (excludes halogenated alkanes) is 1. The van der Waals surface area contributed by atoms with Gasteiger partial charge in [0.2, 0.25) is 0 Å². The standard InChI is InChI=1S/C20H22N4OS/c1-2-3-5-14-7-9-15(10-8-14)17(16-6-4-13-26-16)24-20(25)18-19(21)23-12-11-22-18/h4,6-13,17H,2-3,5H2,1H3,(H2,21,23)(H,24,25). The molecule has 0 bridgehead atoms. The third-order valence-corrected chi connectivity index (χ3v) is 5.11. The van der Waals surface area contributed by atoms with E-state index in [-0.39, 0.29) is 23.5 Å². The second-order valence-electron chi connectivity index (χ2n) is 6.06. The molecule has 6 heteroatoms. The zero-order chi connectivity index (χ0) is 18.4. The number of hydrogen-bond donors (Lipinski definition) is 2. The molecule has 26 heavy (non-hydrogen) atoms. The molecule has 0 fully saturated rings. The van der Waals surface area contributed by atoms with Crippen LogP contribution in [0.2, 0.25) is 0 Å². The molecule has 134 valence electrons. The smallest absolute Gasteiger partial charge is 0.274 e. The van der Waals surface area contributed by atoms with Crippen molar-refractivity contribution in [2.24, 2.45) is 0 Å². The normalized spacial score (nSPS) is 11.9. The van der Waals surface area contributed by atoms with E-state index < -0.39 is 0 Å². The van der Waals surface area contributed by atoms with Gasteiger partial charge in [-0.25, -0.2) is 9.97 Å². The SMILES string of the molecule is CCCCc1ccc(C(NC(=O)c2nccnc2N)c2cccs2)cc1. The number of aromatic nitrogens is 2. The lowest BCUT2D eigenvalue weighted by molar-refractivity contribution is 0.0939. The van der Waals surface area contributed by atoms with Gasteiger partial charge < -0.3 is 11.1 Å². The van der Waals surface area contributed by atoms with Gasteiger partial charge in [0.25, 0.3) is 5.91 Å². The van der Waals surface area contributed by atoms with Crippen LogP contribution in [0, 0.1) is 0 Å². The van der Waals surface area contributed by atoms with Crippen molar-refractivity contribution >= 4 is 23.1 Å². The van der Waals surface area contributed by atoms with Crippen LogP contribution in [-0.4, -0.2) is 15.9 Å². The molecular formula is C20H22N4OS. The van der Waals surface area contributed by atoms with Crippen LogP contribution in [0.5, 0.6) is 0 Å². The van der Waals surface area contributed by atoms with Crippen molar-refractivity contribution in [3.05, 3.63) is 75.9 Å². The van der Waals surface area contributed by atoms with Crippen LogP contribution in [-0.2, 0) is 6.42 Å². The van der Waals surface area contributed by atoms with E-state index >= 15 is 0 Å². The molecule has 5 nitrogen and oxygen atoms in total. The Balaban J connectivity index is 1.84. The number of anilines is 1. The average molecular weight is 366 g/mol. The van der Waals surface area contributed by atoms with Crippen LogP contribution in [0.3, 0.4) is 0 Å². The number of nitrogens with zero attached hydrogens (tertiary/aromatic N) is 2. The highest BCUT2D eigenvalue weighted by atomic mass is 32.1. The molecule has 1 atom stereocenters. The molecule has 0 spiro atoms. The summed E-state index contributed by atoms with van der Waals surface area (Å²) in [5.74, 6) is -0.200. The number of benzene rings is 1. The first-order valence-electron chi connectivity index (χ1n) is 8.68.